The lowest BCUT2D eigenvalue weighted by atomic mass is 10.1. The van der Waals surface area contributed by atoms with E-state index in [4.69, 9.17) is 16.1 Å². The highest BCUT2D eigenvalue weighted by atomic mass is 35.5. The van der Waals surface area contributed by atoms with Crippen molar-refractivity contribution in [3.05, 3.63) is 52.4 Å². The van der Waals surface area contributed by atoms with E-state index in [-0.39, 0.29) is 23.5 Å². The number of hydrogen-bond acceptors (Lipinski definition) is 5. The van der Waals surface area contributed by atoms with Crippen molar-refractivity contribution in [2.75, 3.05) is 11.9 Å². The highest BCUT2D eigenvalue weighted by molar-refractivity contribution is 6.29. The fourth-order valence-electron chi connectivity index (χ4n) is 2.77. The summed E-state index contributed by atoms with van der Waals surface area (Å²) in [7, 11) is 0. The third kappa shape index (κ3) is 4.25. The second-order valence-corrected chi connectivity index (χ2v) is 6.34. The summed E-state index contributed by atoms with van der Waals surface area (Å²) in [6.07, 6.45) is 0.587. The van der Waals surface area contributed by atoms with Crippen LogP contribution in [0.2, 0.25) is 5.22 Å². The van der Waals surface area contributed by atoms with Gasteiger partial charge in [-0.1, -0.05) is 23.4 Å². The Morgan fingerprint density at radius 3 is 2.74 bits per heavy atom. The number of nitrogens with one attached hydrogen (secondary N) is 2. The van der Waals surface area contributed by atoms with Crippen LogP contribution in [0.5, 0.6) is 0 Å². The summed E-state index contributed by atoms with van der Waals surface area (Å²) in [5.41, 5.74) is 2.47. The van der Waals surface area contributed by atoms with Gasteiger partial charge in [-0.25, -0.2) is 4.98 Å². The topological polar surface area (TPSA) is 97.1 Å². The van der Waals surface area contributed by atoms with E-state index >= 15 is 0 Å². The number of nitrogens with zero attached hydrogens (tertiary/aromatic N) is 2. The van der Waals surface area contributed by atoms with Gasteiger partial charge in [0.15, 0.2) is 0 Å². The number of hydrogen-bond donors (Lipinski definition) is 2. The normalized spacial score (nSPS) is 10.8. The number of rotatable bonds is 6. The number of fused-ring (bicyclic) bond motifs is 1. The van der Waals surface area contributed by atoms with Crippen LogP contribution >= 0.6 is 11.6 Å². The molecule has 2 amide bonds. The van der Waals surface area contributed by atoms with Gasteiger partial charge in [0.2, 0.25) is 11.1 Å². The zero-order valence-corrected chi connectivity index (χ0v) is 15.8. The molecular weight excluding hydrogens is 368 g/mol. The Labute approximate surface area is 161 Å². The van der Waals surface area contributed by atoms with E-state index in [2.05, 4.69) is 20.8 Å². The molecule has 2 heterocycles. The lowest BCUT2D eigenvalue weighted by Crippen LogP contribution is -2.23. The molecule has 2 aromatic heterocycles. The number of halogens is 1. The Kier molecular flexibility index (Phi) is 5.71. The molecule has 3 rings (SSSR count). The molecule has 0 atom stereocenters. The van der Waals surface area contributed by atoms with E-state index in [0.717, 1.165) is 5.39 Å². The number of para-hydroxylation sites is 1. The van der Waals surface area contributed by atoms with E-state index in [1.807, 2.05) is 25.1 Å². The number of aromatic nitrogens is 2. The van der Waals surface area contributed by atoms with E-state index in [1.165, 1.54) is 0 Å². The predicted molar refractivity (Wildman–Crippen MR) is 103 cm³/mol. The molecule has 0 fully saturated rings. The van der Waals surface area contributed by atoms with Crippen molar-refractivity contribution < 1.29 is 14.1 Å². The number of aryl methyl sites for hydroxylation is 1. The second-order valence-electron chi connectivity index (χ2n) is 6.00. The summed E-state index contributed by atoms with van der Waals surface area (Å²) in [5.74, 6) is -0.122. The minimum absolute atomic E-state index is 0.187. The fourth-order valence-corrected chi connectivity index (χ4v) is 3.03. The van der Waals surface area contributed by atoms with Gasteiger partial charge in [-0.15, -0.1) is 0 Å². The smallest absolute Gasteiger partial charge is 0.252 e. The molecule has 27 heavy (non-hydrogen) atoms. The molecule has 0 bridgehead atoms. The van der Waals surface area contributed by atoms with Gasteiger partial charge in [0.25, 0.3) is 5.91 Å². The van der Waals surface area contributed by atoms with Crippen LogP contribution in [-0.4, -0.2) is 28.5 Å². The van der Waals surface area contributed by atoms with Crippen LogP contribution < -0.4 is 10.6 Å². The van der Waals surface area contributed by atoms with Gasteiger partial charge in [-0.3, -0.25) is 9.59 Å². The maximum Gasteiger partial charge on any atom is 0.252 e. The average Bonchev–Trinajstić information content (AvgIpc) is 2.97. The first-order valence-corrected chi connectivity index (χ1v) is 8.96. The molecule has 0 saturated heterocycles. The molecule has 0 saturated carbocycles. The van der Waals surface area contributed by atoms with Crippen molar-refractivity contribution in [2.24, 2.45) is 0 Å². The monoisotopic (exact) mass is 386 g/mol. The first-order chi connectivity index (χ1) is 13.0. The van der Waals surface area contributed by atoms with Crippen molar-refractivity contribution in [3.8, 4) is 0 Å². The molecule has 3 aromatic rings. The van der Waals surface area contributed by atoms with E-state index in [1.54, 1.807) is 19.1 Å². The lowest BCUT2D eigenvalue weighted by Gasteiger charge is -2.10. The van der Waals surface area contributed by atoms with E-state index in [0.29, 0.717) is 41.1 Å². The van der Waals surface area contributed by atoms with Crippen molar-refractivity contribution in [2.45, 2.75) is 26.7 Å². The van der Waals surface area contributed by atoms with E-state index < -0.39 is 0 Å². The fraction of sp³-hybridized carbons (Fsp3) is 0.263. The minimum Gasteiger partial charge on any atom is -0.352 e. The molecule has 0 radical (unpaired) electrons. The molecule has 8 heteroatoms. The molecule has 0 aliphatic heterocycles. The Balaban J connectivity index is 1.80. The van der Waals surface area contributed by atoms with Gasteiger partial charge in [0.05, 0.1) is 16.8 Å². The molecule has 1 aromatic carbocycles. The van der Waals surface area contributed by atoms with Crippen LogP contribution in [0.1, 0.15) is 35.0 Å². The zero-order chi connectivity index (χ0) is 19.4. The van der Waals surface area contributed by atoms with Gasteiger partial charge < -0.3 is 15.2 Å². The summed E-state index contributed by atoms with van der Waals surface area (Å²) in [5, 5.41) is 10.2. The summed E-state index contributed by atoms with van der Waals surface area (Å²) < 4.78 is 4.89. The van der Waals surface area contributed by atoms with Crippen molar-refractivity contribution >= 4 is 40.1 Å². The standard InChI is InChI=1S/C19H19ClN4O3/c1-3-21-19(26)14-10-16(22-15-7-5-4-6-13(14)15)23-17(25)9-8-12-11(2)24-27-18(12)20/h4-7,10H,3,8-9H2,1-2H3,(H,21,26)(H,22,23,25). The third-order valence-electron chi connectivity index (χ3n) is 4.10. The van der Waals surface area contributed by atoms with Crippen LogP contribution in [0.15, 0.2) is 34.9 Å². The SMILES string of the molecule is CCNC(=O)c1cc(NC(=O)CCc2c(C)noc2Cl)nc2ccccc12. The van der Waals surface area contributed by atoms with Crippen molar-refractivity contribution in [1.82, 2.24) is 15.5 Å². The van der Waals surface area contributed by atoms with Crippen LogP contribution in [0, 0.1) is 6.92 Å². The predicted octanol–water partition coefficient (Wildman–Crippen LogP) is 3.51. The third-order valence-corrected chi connectivity index (χ3v) is 4.40. The van der Waals surface area contributed by atoms with Crippen molar-refractivity contribution in [1.29, 1.82) is 0 Å². The first kappa shape index (κ1) is 18.8. The first-order valence-electron chi connectivity index (χ1n) is 8.58. The van der Waals surface area contributed by atoms with Crippen LogP contribution in [-0.2, 0) is 11.2 Å². The zero-order valence-electron chi connectivity index (χ0n) is 15.0. The van der Waals surface area contributed by atoms with E-state index in [9.17, 15) is 9.59 Å². The van der Waals surface area contributed by atoms with Gasteiger partial charge in [-0.2, -0.15) is 0 Å². The Hall–Kier alpha value is -2.93. The second kappa shape index (κ2) is 8.18. The molecule has 0 unspecified atom stereocenters. The Morgan fingerprint density at radius 1 is 1.26 bits per heavy atom. The number of benzene rings is 1. The van der Waals surface area contributed by atoms with Gasteiger partial charge in [-0.05, 0) is 44.0 Å². The molecule has 2 N–H and O–H groups in total. The quantitative estimate of drug-likeness (QED) is 0.675. The highest BCUT2D eigenvalue weighted by Gasteiger charge is 2.15. The highest BCUT2D eigenvalue weighted by Crippen LogP contribution is 2.22. The number of carbonyl (C=O) groups excluding carboxylic acids is 2. The molecule has 0 spiro atoms. The Morgan fingerprint density at radius 2 is 2.04 bits per heavy atom. The molecule has 7 nitrogen and oxygen atoms in total. The lowest BCUT2D eigenvalue weighted by molar-refractivity contribution is -0.116. The minimum atomic E-state index is -0.240. The van der Waals surface area contributed by atoms with Gasteiger partial charge >= 0.3 is 0 Å². The molecule has 0 aliphatic rings. The summed E-state index contributed by atoms with van der Waals surface area (Å²) in [6.45, 7) is 4.13. The molecular formula is C19H19ClN4O3. The Bertz CT molecular complexity index is 980. The van der Waals surface area contributed by atoms with Gasteiger partial charge in [0, 0.05) is 23.9 Å². The molecule has 0 aliphatic carbocycles. The maximum atomic E-state index is 12.4. The number of amides is 2. The number of pyridine rings is 1. The number of anilines is 1. The average molecular weight is 387 g/mol. The van der Waals surface area contributed by atoms with Crippen LogP contribution in [0.25, 0.3) is 10.9 Å². The summed E-state index contributed by atoms with van der Waals surface area (Å²) in [6, 6.07) is 8.89. The van der Waals surface area contributed by atoms with Gasteiger partial charge in [0.1, 0.15) is 5.82 Å². The summed E-state index contributed by atoms with van der Waals surface area (Å²) in [4.78, 5) is 29.1. The van der Waals surface area contributed by atoms with Crippen molar-refractivity contribution in [3.63, 3.8) is 0 Å². The largest absolute Gasteiger partial charge is 0.352 e. The maximum absolute atomic E-state index is 12.4. The van der Waals surface area contributed by atoms with Crippen LogP contribution in [0.4, 0.5) is 5.82 Å². The molecule has 140 valence electrons. The number of carbonyl (C=O) groups is 2. The summed E-state index contributed by atoms with van der Waals surface area (Å²) >= 11 is 5.92. The van der Waals surface area contributed by atoms with Crippen LogP contribution in [0.3, 0.4) is 0 Å².